The van der Waals surface area contributed by atoms with E-state index in [0.29, 0.717) is 49.0 Å². The largest absolute Gasteiger partial charge is 0.379 e. The lowest BCUT2D eigenvalue weighted by Crippen LogP contribution is -2.51. The van der Waals surface area contributed by atoms with Crippen LogP contribution in [0.25, 0.3) is 10.9 Å². The standard InChI is InChI=1S/C34H36N10O4/c1-34(11-9-28(45)39-32(34)47)30-23-7-5-22(15-26(23)43(3)41-30)37-24-10-12-44(18-27(24)48-4)33-36-17-20(16-35)31(40-33)38-21-6-8-25-19(13-21)14-29(46)42(25)2/h5-8,13,15,17,24,27,37H,9-12,14,18H2,1-4H3,(H,36,38,40)(H,39,45,47)/t24-,27-,34?/m1/s1. The Kier molecular flexibility index (Phi) is 7.71. The molecule has 48 heavy (non-hydrogen) atoms. The fourth-order valence-corrected chi connectivity index (χ4v) is 6.89. The first-order valence-electron chi connectivity index (χ1n) is 15.9. The molecule has 2 saturated heterocycles. The van der Waals surface area contributed by atoms with E-state index in [1.165, 1.54) is 6.20 Å². The summed E-state index contributed by atoms with van der Waals surface area (Å²) in [4.78, 5) is 49.7. The predicted octanol–water partition coefficient (Wildman–Crippen LogP) is 2.90. The van der Waals surface area contributed by atoms with Crippen LogP contribution in [-0.2, 0) is 38.0 Å². The molecule has 14 heteroatoms. The van der Waals surface area contributed by atoms with Gasteiger partial charge in [-0.1, -0.05) is 0 Å². The Labute approximate surface area is 277 Å². The van der Waals surface area contributed by atoms with E-state index >= 15 is 0 Å². The number of nitriles is 1. The molecular formula is C34H36N10O4. The summed E-state index contributed by atoms with van der Waals surface area (Å²) in [6, 6.07) is 13.8. The van der Waals surface area contributed by atoms with E-state index in [4.69, 9.17) is 14.8 Å². The van der Waals surface area contributed by atoms with E-state index in [0.717, 1.165) is 39.9 Å². The molecule has 3 aliphatic heterocycles. The maximum atomic E-state index is 12.8. The van der Waals surface area contributed by atoms with E-state index in [9.17, 15) is 19.6 Å². The number of carbonyl (C=O) groups excluding carboxylic acids is 3. The monoisotopic (exact) mass is 648 g/mol. The highest BCUT2D eigenvalue weighted by Gasteiger charge is 2.43. The van der Waals surface area contributed by atoms with E-state index in [-0.39, 0.29) is 36.3 Å². The fraction of sp³-hybridized carbons (Fsp3) is 0.382. The smallest absolute Gasteiger partial charge is 0.238 e. The Morgan fingerprint density at radius 2 is 1.94 bits per heavy atom. The van der Waals surface area contributed by atoms with Gasteiger partial charge in [0.05, 0.1) is 41.4 Å². The van der Waals surface area contributed by atoms with Crippen LogP contribution in [0.15, 0.2) is 42.6 Å². The van der Waals surface area contributed by atoms with Crippen LogP contribution in [0, 0.1) is 11.3 Å². The average molecular weight is 649 g/mol. The lowest BCUT2D eigenvalue weighted by atomic mass is 9.77. The number of carbonyl (C=O) groups is 3. The molecule has 0 spiro atoms. The third-order valence-electron chi connectivity index (χ3n) is 9.79. The highest BCUT2D eigenvalue weighted by atomic mass is 16.5. The summed E-state index contributed by atoms with van der Waals surface area (Å²) in [6.45, 7) is 3.02. The maximum Gasteiger partial charge on any atom is 0.238 e. The first-order valence-corrected chi connectivity index (χ1v) is 15.9. The van der Waals surface area contributed by atoms with Crippen molar-refractivity contribution < 1.29 is 19.1 Å². The SMILES string of the molecule is CO[C@@H]1CN(c2ncc(C#N)c(Nc3ccc4c(c3)CC(=O)N4C)n2)CC[C@H]1Nc1ccc2c(C3(C)CCC(=O)NC3=O)nn(C)c2c1. The number of methoxy groups -OCH3 is 1. The molecule has 0 radical (unpaired) electrons. The van der Waals surface area contributed by atoms with Crippen molar-refractivity contribution in [2.24, 2.45) is 7.05 Å². The summed E-state index contributed by atoms with van der Waals surface area (Å²) >= 11 is 0. The maximum absolute atomic E-state index is 12.8. The van der Waals surface area contributed by atoms with Crippen molar-refractivity contribution in [1.29, 1.82) is 5.26 Å². The quantitative estimate of drug-likeness (QED) is 0.252. The average Bonchev–Trinajstić information content (AvgIpc) is 3.57. The van der Waals surface area contributed by atoms with Crippen molar-refractivity contribution in [2.75, 3.05) is 47.7 Å². The predicted molar refractivity (Wildman–Crippen MR) is 179 cm³/mol. The van der Waals surface area contributed by atoms with E-state index in [1.54, 1.807) is 23.7 Å². The number of aromatic nitrogens is 4. The number of rotatable bonds is 7. The van der Waals surface area contributed by atoms with Crippen LogP contribution in [0.1, 0.15) is 43.0 Å². The van der Waals surface area contributed by atoms with Crippen LogP contribution < -0.4 is 25.8 Å². The second-order valence-electron chi connectivity index (χ2n) is 12.8. The van der Waals surface area contributed by atoms with Gasteiger partial charge in [-0.25, -0.2) is 4.98 Å². The number of nitrogens with one attached hydrogen (secondary N) is 3. The molecule has 4 aromatic rings. The Morgan fingerprint density at radius 3 is 2.71 bits per heavy atom. The summed E-state index contributed by atoms with van der Waals surface area (Å²) in [5.41, 5.74) is 4.39. The van der Waals surface area contributed by atoms with Crippen LogP contribution in [0.5, 0.6) is 0 Å². The Balaban J connectivity index is 1.07. The number of benzene rings is 2. The van der Waals surface area contributed by atoms with Gasteiger partial charge in [0.2, 0.25) is 23.7 Å². The molecule has 2 aromatic heterocycles. The zero-order valence-corrected chi connectivity index (χ0v) is 27.2. The van der Waals surface area contributed by atoms with E-state index in [1.807, 2.05) is 55.3 Å². The highest BCUT2D eigenvalue weighted by Crippen LogP contribution is 2.37. The topological polar surface area (TPSA) is 170 Å². The van der Waals surface area contributed by atoms with Crippen LogP contribution in [0.2, 0.25) is 0 Å². The third-order valence-corrected chi connectivity index (χ3v) is 9.79. The second-order valence-corrected chi connectivity index (χ2v) is 12.8. The molecule has 2 fully saturated rings. The fourth-order valence-electron chi connectivity index (χ4n) is 6.89. The van der Waals surface area contributed by atoms with Gasteiger partial charge in [0.25, 0.3) is 0 Å². The van der Waals surface area contributed by atoms with Gasteiger partial charge in [-0.05, 0) is 61.7 Å². The van der Waals surface area contributed by atoms with Crippen molar-refractivity contribution in [3.63, 3.8) is 0 Å². The van der Waals surface area contributed by atoms with Crippen LogP contribution >= 0.6 is 0 Å². The first-order chi connectivity index (χ1) is 23.1. The first kappa shape index (κ1) is 31.1. The molecule has 7 rings (SSSR count). The number of nitrogens with zero attached hydrogens (tertiary/aromatic N) is 7. The molecule has 14 nitrogen and oxygen atoms in total. The number of hydrogen-bond acceptors (Lipinski definition) is 11. The number of ether oxygens (including phenoxy) is 1. The molecule has 1 unspecified atom stereocenters. The second kappa shape index (κ2) is 11.9. The minimum Gasteiger partial charge on any atom is -0.379 e. The van der Waals surface area contributed by atoms with Crippen molar-refractivity contribution in [3.05, 3.63) is 59.4 Å². The van der Waals surface area contributed by atoms with Gasteiger partial charge in [-0.2, -0.15) is 15.3 Å². The van der Waals surface area contributed by atoms with Gasteiger partial charge in [0, 0.05) is 63.2 Å². The number of amides is 3. The van der Waals surface area contributed by atoms with Crippen LogP contribution in [0.3, 0.4) is 0 Å². The summed E-state index contributed by atoms with van der Waals surface area (Å²) in [5.74, 6) is 0.344. The number of imide groups is 1. The van der Waals surface area contributed by atoms with Gasteiger partial charge in [-0.3, -0.25) is 24.4 Å². The summed E-state index contributed by atoms with van der Waals surface area (Å²) in [6.07, 6.45) is 3.08. The molecule has 0 saturated carbocycles. The molecule has 3 aliphatic rings. The number of likely N-dealkylation sites (N-methyl/N-ethyl adjacent to an activating group) is 1. The van der Waals surface area contributed by atoms with E-state index < -0.39 is 5.41 Å². The van der Waals surface area contributed by atoms with Crippen LogP contribution in [-0.4, -0.2) is 76.9 Å². The lowest BCUT2D eigenvalue weighted by Gasteiger charge is -2.38. The van der Waals surface area contributed by atoms with Gasteiger partial charge in [0.15, 0.2) is 5.82 Å². The van der Waals surface area contributed by atoms with Gasteiger partial charge < -0.3 is 25.2 Å². The van der Waals surface area contributed by atoms with Crippen molar-refractivity contribution in [2.45, 2.75) is 50.2 Å². The summed E-state index contributed by atoms with van der Waals surface area (Å²) < 4.78 is 7.71. The number of aryl methyl sites for hydroxylation is 1. The Hall–Kier alpha value is -5.55. The lowest BCUT2D eigenvalue weighted by molar-refractivity contribution is -0.137. The summed E-state index contributed by atoms with van der Waals surface area (Å²) in [5, 5.41) is 24.7. The third kappa shape index (κ3) is 5.35. The molecule has 2 aromatic carbocycles. The van der Waals surface area contributed by atoms with Gasteiger partial charge in [0.1, 0.15) is 11.6 Å². The number of piperidine rings is 2. The molecule has 0 bridgehead atoms. The molecule has 5 heterocycles. The zero-order valence-electron chi connectivity index (χ0n) is 27.2. The normalized spacial score (nSPS) is 22.4. The Bertz CT molecular complexity index is 2020. The molecule has 3 amide bonds. The molecule has 3 N–H and O–H groups in total. The van der Waals surface area contributed by atoms with Crippen molar-refractivity contribution in [3.8, 4) is 6.07 Å². The van der Waals surface area contributed by atoms with Gasteiger partial charge >= 0.3 is 0 Å². The van der Waals surface area contributed by atoms with Gasteiger partial charge in [-0.15, -0.1) is 0 Å². The van der Waals surface area contributed by atoms with Crippen LogP contribution in [0.4, 0.5) is 28.8 Å². The Morgan fingerprint density at radius 1 is 1.12 bits per heavy atom. The van der Waals surface area contributed by atoms with E-state index in [2.05, 4.69) is 27.0 Å². The number of anilines is 5. The molecule has 0 aliphatic carbocycles. The van der Waals surface area contributed by atoms with Crippen molar-refractivity contribution in [1.82, 2.24) is 25.1 Å². The minimum absolute atomic E-state index is 0.00715. The highest BCUT2D eigenvalue weighted by molar-refractivity contribution is 6.05. The molecule has 3 atom stereocenters. The zero-order chi connectivity index (χ0) is 33.7. The number of fused-ring (bicyclic) bond motifs is 2. The number of hydrogen-bond donors (Lipinski definition) is 3. The molecule has 246 valence electrons. The summed E-state index contributed by atoms with van der Waals surface area (Å²) in [7, 11) is 5.30. The molecular weight excluding hydrogens is 612 g/mol. The van der Waals surface area contributed by atoms with Crippen molar-refractivity contribution >= 4 is 57.5 Å². The minimum atomic E-state index is -0.891.